The van der Waals surface area contributed by atoms with E-state index in [1.54, 1.807) is 24.4 Å². The molecule has 1 aliphatic carbocycles. The van der Waals surface area contributed by atoms with Gasteiger partial charge in [-0.1, -0.05) is 5.16 Å². The Kier molecular flexibility index (Phi) is 4.12. The van der Waals surface area contributed by atoms with Gasteiger partial charge >= 0.3 is 0 Å². The molecule has 0 spiro atoms. The molecule has 2 N–H and O–H groups in total. The van der Waals surface area contributed by atoms with Crippen LogP contribution in [-0.4, -0.2) is 19.6 Å². The summed E-state index contributed by atoms with van der Waals surface area (Å²) in [6.45, 7) is 2.63. The highest BCUT2D eigenvalue weighted by atomic mass is 32.2. The Morgan fingerprint density at radius 2 is 2.19 bits per heavy atom. The van der Waals surface area contributed by atoms with Crippen molar-refractivity contribution in [2.75, 3.05) is 0 Å². The topological polar surface area (TPSA) is 84.2 Å². The summed E-state index contributed by atoms with van der Waals surface area (Å²) < 4.78 is 31.9. The van der Waals surface area contributed by atoms with Crippen molar-refractivity contribution in [2.24, 2.45) is 0 Å². The summed E-state index contributed by atoms with van der Waals surface area (Å²) in [7, 11) is -3.51. The first-order valence-corrected chi connectivity index (χ1v) is 9.12. The van der Waals surface area contributed by atoms with Crippen LogP contribution >= 0.6 is 11.3 Å². The first-order valence-electron chi connectivity index (χ1n) is 6.75. The molecular weight excluding hydrogens is 310 g/mol. The van der Waals surface area contributed by atoms with Gasteiger partial charge in [0.2, 0.25) is 10.0 Å². The monoisotopic (exact) mass is 327 g/mol. The van der Waals surface area contributed by atoms with E-state index in [0.29, 0.717) is 16.7 Å². The van der Waals surface area contributed by atoms with Crippen LogP contribution in [0.4, 0.5) is 0 Å². The minimum absolute atomic E-state index is 0.106. The Hall–Kier alpha value is -1.22. The fraction of sp³-hybridized carbons (Fsp3) is 0.462. The molecule has 0 unspecified atom stereocenters. The minimum Gasteiger partial charge on any atom is -0.360 e. The SMILES string of the molecule is Cc1cc(CNS(=O)(=O)c2csc(CNC3CC3)c2)on1. The van der Waals surface area contributed by atoms with Crippen LogP contribution in [0.1, 0.15) is 29.2 Å². The van der Waals surface area contributed by atoms with Crippen LogP contribution in [0.5, 0.6) is 0 Å². The predicted molar refractivity (Wildman–Crippen MR) is 79.4 cm³/mol. The smallest absolute Gasteiger partial charge is 0.241 e. The van der Waals surface area contributed by atoms with E-state index in [1.807, 2.05) is 0 Å². The average Bonchev–Trinajstić information content (AvgIpc) is 2.97. The summed E-state index contributed by atoms with van der Waals surface area (Å²) in [5.41, 5.74) is 0.730. The zero-order valence-electron chi connectivity index (χ0n) is 11.6. The van der Waals surface area contributed by atoms with E-state index in [9.17, 15) is 8.42 Å². The van der Waals surface area contributed by atoms with Gasteiger partial charge in [-0.15, -0.1) is 11.3 Å². The normalized spacial score (nSPS) is 15.5. The number of aromatic nitrogens is 1. The zero-order valence-corrected chi connectivity index (χ0v) is 13.3. The molecule has 0 aromatic carbocycles. The fourth-order valence-electron chi connectivity index (χ4n) is 1.88. The molecule has 1 aliphatic rings. The van der Waals surface area contributed by atoms with Gasteiger partial charge in [0.1, 0.15) is 0 Å². The van der Waals surface area contributed by atoms with Gasteiger partial charge in [0, 0.05) is 28.9 Å². The van der Waals surface area contributed by atoms with E-state index >= 15 is 0 Å². The van der Waals surface area contributed by atoms with Crippen LogP contribution in [0.2, 0.25) is 0 Å². The van der Waals surface area contributed by atoms with E-state index in [0.717, 1.165) is 17.1 Å². The number of hydrogen-bond donors (Lipinski definition) is 2. The average molecular weight is 327 g/mol. The summed E-state index contributed by atoms with van der Waals surface area (Å²) in [5, 5.41) is 8.76. The van der Waals surface area contributed by atoms with E-state index in [-0.39, 0.29) is 6.54 Å². The largest absolute Gasteiger partial charge is 0.360 e. The molecule has 21 heavy (non-hydrogen) atoms. The molecule has 0 amide bonds. The van der Waals surface area contributed by atoms with Crippen molar-refractivity contribution in [1.82, 2.24) is 15.2 Å². The molecule has 2 aromatic rings. The molecule has 2 heterocycles. The van der Waals surface area contributed by atoms with Gasteiger partial charge < -0.3 is 9.84 Å². The van der Waals surface area contributed by atoms with Gasteiger partial charge in [0.15, 0.2) is 5.76 Å². The van der Waals surface area contributed by atoms with Gasteiger partial charge in [-0.25, -0.2) is 13.1 Å². The summed E-state index contributed by atoms with van der Waals surface area (Å²) in [5.74, 6) is 0.502. The van der Waals surface area contributed by atoms with Crippen LogP contribution in [-0.2, 0) is 23.1 Å². The van der Waals surface area contributed by atoms with Crippen molar-refractivity contribution in [1.29, 1.82) is 0 Å². The number of nitrogens with one attached hydrogen (secondary N) is 2. The van der Waals surface area contributed by atoms with Crippen molar-refractivity contribution >= 4 is 21.4 Å². The maximum Gasteiger partial charge on any atom is 0.241 e. The lowest BCUT2D eigenvalue weighted by Gasteiger charge is -2.02. The number of hydrogen-bond acceptors (Lipinski definition) is 6. The third-order valence-electron chi connectivity index (χ3n) is 3.20. The van der Waals surface area contributed by atoms with Crippen molar-refractivity contribution in [2.45, 2.75) is 43.8 Å². The van der Waals surface area contributed by atoms with Crippen molar-refractivity contribution in [3.05, 3.63) is 33.8 Å². The zero-order chi connectivity index (χ0) is 14.9. The molecule has 1 saturated carbocycles. The van der Waals surface area contributed by atoms with E-state index in [2.05, 4.69) is 15.2 Å². The fourth-order valence-corrected chi connectivity index (χ4v) is 4.09. The molecule has 0 atom stereocenters. The first-order chi connectivity index (χ1) is 10.0. The second-order valence-corrected chi connectivity index (χ2v) is 7.93. The van der Waals surface area contributed by atoms with Gasteiger partial charge in [-0.05, 0) is 25.8 Å². The molecule has 114 valence electrons. The first kappa shape index (κ1) is 14.7. The lowest BCUT2D eigenvalue weighted by Crippen LogP contribution is -2.22. The van der Waals surface area contributed by atoms with Gasteiger partial charge in [-0.2, -0.15) is 0 Å². The molecule has 0 aliphatic heterocycles. The maximum absolute atomic E-state index is 12.2. The Morgan fingerprint density at radius 1 is 1.38 bits per heavy atom. The molecule has 0 radical (unpaired) electrons. The second-order valence-electron chi connectivity index (χ2n) is 5.16. The van der Waals surface area contributed by atoms with Gasteiger partial charge in [0.25, 0.3) is 0 Å². The van der Waals surface area contributed by atoms with Gasteiger partial charge in [0.05, 0.1) is 17.1 Å². The standard InChI is InChI=1S/C13H17N3O3S2/c1-9-4-11(19-16-9)6-15-21(17,18)13-5-12(20-8-13)7-14-10-2-3-10/h4-5,8,10,14-15H,2-3,6-7H2,1H3. The lowest BCUT2D eigenvalue weighted by molar-refractivity contribution is 0.377. The van der Waals surface area contributed by atoms with E-state index in [4.69, 9.17) is 4.52 Å². The van der Waals surface area contributed by atoms with Crippen LogP contribution in [0.3, 0.4) is 0 Å². The summed E-state index contributed by atoms with van der Waals surface area (Å²) in [6.07, 6.45) is 2.43. The molecule has 1 fully saturated rings. The highest BCUT2D eigenvalue weighted by Gasteiger charge is 2.21. The lowest BCUT2D eigenvalue weighted by atomic mass is 10.4. The minimum atomic E-state index is -3.51. The van der Waals surface area contributed by atoms with Crippen molar-refractivity contribution in [3.8, 4) is 0 Å². The van der Waals surface area contributed by atoms with Crippen LogP contribution < -0.4 is 10.0 Å². The Bertz CT molecular complexity index is 717. The number of nitrogens with zero attached hydrogens (tertiary/aromatic N) is 1. The summed E-state index contributed by atoms with van der Waals surface area (Å²) in [6, 6.07) is 4.04. The highest BCUT2D eigenvalue weighted by molar-refractivity contribution is 7.89. The third-order valence-corrected chi connectivity index (χ3v) is 5.66. The molecule has 0 saturated heterocycles. The van der Waals surface area contributed by atoms with E-state index < -0.39 is 10.0 Å². The number of sulfonamides is 1. The predicted octanol–water partition coefficient (Wildman–Crippen LogP) is 1.78. The molecule has 6 nitrogen and oxygen atoms in total. The summed E-state index contributed by atoms with van der Waals surface area (Å²) >= 11 is 1.45. The maximum atomic E-state index is 12.2. The van der Waals surface area contributed by atoms with E-state index in [1.165, 1.54) is 24.2 Å². The molecule has 8 heteroatoms. The molecule has 2 aromatic heterocycles. The second kappa shape index (κ2) is 5.88. The molecule has 3 rings (SSSR count). The van der Waals surface area contributed by atoms with Crippen LogP contribution in [0, 0.1) is 6.92 Å². The van der Waals surface area contributed by atoms with Crippen molar-refractivity contribution < 1.29 is 12.9 Å². The molecular formula is C13H17N3O3S2. The number of thiophene rings is 1. The number of aryl methyl sites for hydroxylation is 1. The molecule has 0 bridgehead atoms. The number of rotatable bonds is 7. The Labute approximate surface area is 127 Å². The quantitative estimate of drug-likeness (QED) is 0.810. The van der Waals surface area contributed by atoms with Gasteiger partial charge in [-0.3, -0.25) is 0 Å². The van der Waals surface area contributed by atoms with Crippen LogP contribution in [0.15, 0.2) is 26.9 Å². The summed E-state index contributed by atoms with van der Waals surface area (Å²) in [4.78, 5) is 1.33. The third kappa shape index (κ3) is 3.91. The highest BCUT2D eigenvalue weighted by Crippen LogP contribution is 2.23. The van der Waals surface area contributed by atoms with Crippen molar-refractivity contribution in [3.63, 3.8) is 0 Å². The van der Waals surface area contributed by atoms with Crippen LogP contribution in [0.25, 0.3) is 0 Å². The Morgan fingerprint density at radius 3 is 2.86 bits per heavy atom. The Balaban J connectivity index is 1.60.